The second-order valence-corrected chi connectivity index (χ2v) is 8.63. The van der Waals surface area contributed by atoms with Crippen molar-refractivity contribution in [2.45, 2.75) is 32.7 Å². The lowest BCUT2D eigenvalue weighted by molar-refractivity contribution is -0.118. The van der Waals surface area contributed by atoms with E-state index in [1.807, 2.05) is 42.5 Å². The van der Waals surface area contributed by atoms with Gasteiger partial charge in [-0.25, -0.2) is 4.98 Å². The van der Waals surface area contributed by atoms with Crippen molar-refractivity contribution in [3.05, 3.63) is 82.8 Å². The van der Waals surface area contributed by atoms with Crippen molar-refractivity contribution < 1.29 is 9.21 Å². The van der Waals surface area contributed by atoms with Gasteiger partial charge in [0.1, 0.15) is 11.3 Å². The van der Waals surface area contributed by atoms with Gasteiger partial charge in [0.2, 0.25) is 5.91 Å². The summed E-state index contributed by atoms with van der Waals surface area (Å²) in [5, 5.41) is 1.20. The maximum Gasteiger partial charge on any atom is 0.233 e. The number of thiazole rings is 1. The van der Waals surface area contributed by atoms with Crippen molar-refractivity contribution in [2.24, 2.45) is 0 Å². The maximum atomic E-state index is 13.2. The van der Waals surface area contributed by atoms with Gasteiger partial charge in [-0.2, -0.15) is 0 Å². The van der Waals surface area contributed by atoms with Gasteiger partial charge >= 0.3 is 0 Å². The van der Waals surface area contributed by atoms with Crippen molar-refractivity contribution in [2.75, 3.05) is 4.90 Å². The number of hydrogen-bond acceptors (Lipinski definition) is 4. The number of nitrogens with zero attached hydrogens (tertiary/aromatic N) is 2. The predicted molar refractivity (Wildman–Crippen MR) is 119 cm³/mol. The highest BCUT2D eigenvalue weighted by Crippen LogP contribution is 2.33. The van der Waals surface area contributed by atoms with E-state index >= 15 is 0 Å². The third kappa shape index (κ3) is 4.36. The van der Waals surface area contributed by atoms with E-state index in [0.29, 0.717) is 40.3 Å². The predicted octanol–water partition coefficient (Wildman–Crippen LogP) is 6.44. The van der Waals surface area contributed by atoms with Gasteiger partial charge in [-0.3, -0.25) is 9.69 Å². The molecule has 0 spiro atoms. The molecule has 0 bridgehead atoms. The molecule has 6 heteroatoms. The summed E-state index contributed by atoms with van der Waals surface area (Å²) < 4.78 is 6.43. The average Bonchev–Trinajstić information content (AvgIpc) is 3.36. The number of hydrogen-bond donors (Lipinski definition) is 0. The van der Waals surface area contributed by atoms with Crippen LogP contribution in [0.25, 0.3) is 10.2 Å². The second kappa shape index (κ2) is 8.39. The third-order valence-corrected chi connectivity index (χ3v) is 6.13. The highest BCUT2D eigenvalue weighted by atomic mass is 35.5. The Morgan fingerprint density at radius 2 is 1.93 bits per heavy atom. The van der Waals surface area contributed by atoms with Crippen LogP contribution in [-0.2, 0) is 17.8 Å². The minimum Gasteiger partial charge on any atom is -0.467 e. The molecule has 29 heavy (non-hydrogen) atoms. The van der Waals surface area contributed by atoms with Gasteiger partial charge < -0.3 is 4.42 Å². The lowest BCUT2D eigenvalue weighted by Crippen LogP contribution is -2.31. The molecule has 0 radical (unpaired) electrons. The van der Waals surface area contributed by atoms with Gasteiger partial charge in [-0.05, 0) is 41.3 Å². The molecule has 2 aromatic heterocycles. The minimum absolute atomic E-state index is 0.0334. The number of rotatable bonds is 6. The van der Waals surface area contributed by atoms with E-state index in [-0.39, 0.29) is 5.91 Å². The van der Waals surface area contributed by atoms with E-state index in [1.54, 1.807) is 11.2 Å². The molecule has 0 saturated carbocycles. The van der Waals surface area contributed by atoms with Crippen LogP contribution in [0.15, 0.2) is 65.3 Å². The molecule has 0 fully saturated rings. The Balaban J connectivity index is 1.64. The molecule has 0 atom stereocenters. The van der Waals surface area contributed by atoms with Crippen LogP contribution in [-0.4, -0.2) is 10.9 Å². The van der Waals surface area contributed by atoms with Crippen molar-refractivity contribution in [1.82, 2.24) is 4.98 Å². The first-order valence-electron chi connectivity index (χ1n) is 9.48. The number of halogens is 1. The van der Waals surface area contributed by atoms with E-state index in [2.05, 4.69) is 31.0 Å². The Kier molecular flexibility index (Phi) is 5.69. The number of carbonyl (C=O) groups excluding carboxylic acids is 1. The Morgan fingerprint density at radius 1 is 1.14 bits per heavy atom. The summed E-state index contributed by atoms with van der Waals surface area (Å²) >= 11 is 7.74. The number of benzene rings is 2. The Bertz CT molecular complexity index is 1120. The second-order valence-electron chi connectivity index (χ2n) is 7.22. The molecule has 0 unspecified atom stereocenters. The summed E-state index contributed by atoms with van der Waals surface area (Å²) in [5.41, 5.74) is 2.95. The SMILES string of the molecule is CC(C)c1ccc(CC(=O)N(Cc2ccco2)c2nc3c(Cl)cccc3s2)cc1. The fourth-order valence-corrected chi connectivity index (χ4v) is 4.41. The Hall–Kier alpha value is -2.63. The molecular weight excluding hydrogens is 404 g/mol. The topological polar surface area (TPSA) is 46.3 Å². The summed E-state index contributed by atoms with van der Waals surface area (Å²) in [6, 6.07) is 17.5. The van der Waals surface area contributed by atoms with Crippen LogP contribution in [0.3, 0.4) is 0 Å². The minimum atomic E-state index is -0.0334. The molecule has 1 amide bonds. The summed E-state index contributed by atoms with van der Waals surface area (Å²) in [4.78, 5) is 19.6. The van der Waals surface area contributed by atoms with Gasteiger partial charge in [0.15, 0.2) is 5.13 Å². The molecule has 0 aliphatic carbocycles. The first-order valence-corrected chi connectivity index (χ1v) is 10.7. The molecule has 4 aromatic rings. The number of amides is 1. The fourth-order valence-electron chi connectivity index (χ4n) is 3.13. The molecule has 4 nitrogen and oxygen atoms in total. The molecule has 148 valence electrons. The smallest absolute Gasteiger partial charge is 0.233 e. The summed E-state index contributed by atoms with van der Waals surface area (Å²) in [6.07, 6.45) is 1.90. The summed E-state index contributed by atoms with van der Waals surface area (Å²) in [5.74, 6) is 1.13. The van der Waals surface area contributed by atoms with Crippen molar-refractivity contribution >= 4 is 44.2 Å². The zero-order valence-corrected chi connectivity index (χ0v) is 17.8. The van der Waals surface area contributed by atoms with Crippen LogP contribution in [0.5, 0.6) is 0 Å². The first kappa shape index (κ1) is 19.7. The summed E-state index contributed by atoms with van der Waals surface area (Å²) in [6.45, 7) is 4.64. The van der Waals surface area contributed by atoms with Crippen LogP contribution in [0, 0.1) is 0 Å². The van der Waals surface area contributed by atoms with Crippen molar-refractivity contribution in [3.8, 4) is 0 Å². The van der Waals surface area contributed by atoms with E-state index < -0.39 is 0 Å². The van der Waals surface area contributed by atoms with Crippen LogP contribution in [0.4, 0.5) is 5.13 Å². The van der Waals surface area contributed by atoms with Gasteiger partial charge in [0.25, 0.3) is 0 Å². The number of para-hydroxylation sites is 1. The molecular formula is C23H21ClN2O2S. The Morgan fingerprint density at radius 3 is 2.59 bits per heavy atom. The highest BCUT2D eigenvalue weighted by molar-refractivity contribution is 7.22. The van der Waals surface area contributed by atoms with Gasteiger partial charge in [-0.1, -0.05) is 67.1 Å². The van der Waals surface area contributed by atoms with Crippen LogP contribution < -0.4 is 4.90 Å². The summed E-state index contributed by atoms with van der Waals surface area (Å²) in [7, 11) is 0. The van der Waals surface area contributed by atoms with Crippen LogP contribution >= 0.6 is 22.9 Å². The van der Waals surface area contributed by atoms with Gasteiger partial charge in [0, 0.05) is 0 Å². The van der Waals surface area contributed by atoms with Crippen molar-refractivity contribution in [3.63, 3.8) is 0 Å². The molecule has 0 N–H and O–H groups in total. The molecule has 0 aliphatic rings. The highest BCUT2D eigenvalue weighted by Gasteiger charge is 2.22. The lowest BCUT2D eigenvalue weighted by atomic mass is 10.0. The van der Waals surface area contributed by atoms with E-state index in [9.17, 15) is 4.79 Å². The first-order chi connectivity index (χ1) is 14.0. The van der Waals surface area contributed by atoms with E-state index in [0.717, 1.165) is 10.3 Å². The Labute approximate surface area is 178 Å². The number of anilines is 1. The maximum absolute atomic E-state index is 13.2. The number of aromatic nitrogens is 1. The molecule has 0 saturated heterocycles. The number of furan rings is 1. The molecule has 0 aliphatic heterocycles. The van der Waals surface area contributed by atoms with Gasteiger partial charge in [0.05, 0.1) is 29.0 Å². The zero-order chi connectivity index (χ0) is 20.4. The van der Waals surface area contributed by atoms with E-state index in [1.165, 1.54) is 16.9 Å². The largest absolute Gasteiger partial charge is 0.467 e. The van der Waals surface area contributed by atoms with Crippen LogP contribution in [0.2, 0.25) is 5.02 Å². The average molecular weight is 425 g/mol. The molecule has 2 aromatic carbocycles. The lowest BCUT2D eigenvalue weighted by Gasteiger charge is -2.19. The number of fused-ring (bicyclic) bond motifs is 1. The standard InChI is InChI=1S/C23H21ClN2O2S/c1-15(2)17-10-8-16(9-11-17)13-21(27)26(14-18-5-4-12-28-18)23-25-22-19(24)6-3-7-20(22)29-23/h3-12,15H,13-14H2,1-2H3. The molecule has 2 heterocycles. The van der Waals surface area contributed by atoms with Gasteiger partial charge in [-0.15, -0.1) is 0 Å². The molecule has 4 rings (SSSR count). The van der Waals surface area contributed by atoms with Crippen LogP contribution in [0.1, 0.15) is 36.7 Å². The third-order valence-electron chi connectivity index (χ3n) is 4.79. The van der Waals surface area contributed by atoms with Crippen molar-refractivity contribution in [1.29, 1.82) is 0 Å². The zero-order valence-electron chi connectivity index (χ0n) is 16.3. The number of carbonyl (C=O) groups is 1. The quantitative estimate of drug-likeness (QED) is 0.357. The van der Waals surface area contributed by atoms with E-state index in [4.69, 9.17) is 16.0 Å². The fraction of sp³-hybridized carbons (Fsp3) is 0.217. The monoisotopic (exact) mass is 424 g/mol. The normalized spacial score (nSPS) is 11.3.